The first-order chi connectivity index (χ1) is 15.7. The van der Waals surface area contributed by atoms with Crippen LogP contribution in [0.2, 0.25) is 0 Å². The van der Waals surface area contributed by atoms with Gasteiger partial charge in [-0.2, -0.15) is 0 Å². The van der Waals surface area contributed by atoms with Gasteiger partial charge in [-0.1, -0.05) is 0 Å². The molecule has 32 heavy (non-hydrogen) atoms. The van der Waals surface area contributed by atoms with Gasteiger partial charge in [0.1, 0.15) is 35.8 Å². The second-order valence-corrected chi connectivity index (χ2v) is 7.09. The molecule has 9 nitrogen and oxygen atoms in total. The fourth-order valence-corrected chi connectivity index (χ4v) is 3.65. The van der Waals surface area contributed by atoms with Crippen LogP contribution in [0.25, 0.3) is 17.1 Å². The van der Waals surface area contributed by atoms with Gasteiger partial charge in [0.15, 0.2) is 11.6 Å². The fraction of sp³-hybridized carbons (Fsp3) is 0.217. The minimum atomic E-state index is 0.344. The second-order valence-electron chi connectivity index (χ2n) is 7.09. The smallest absolute Gasteiger partial charge is 0.166 e. The van der Waals surface area contributed by atoms with Gasteiger partial charge in [-0.05, 0) is 42.2 Å². The van der Waals surface area contributed by atoms with Crippen LogP contribution in [0.3, 0.4) is 0 Å². The van der Waals surface area contributed by atoms with E-state index in [1.165, 1.54) is 0 Å². The van der Waals surface area contributed by atoms with Gasteiger partial charge in [-0.15, -0.1) is 10.2 Å². The lowest BCUT2D eigenvalue weighted by molar-refractivity contribution is 0.174. The molecule has 160 valence electrons. The third kappa shape index (κ3) is 3.36. The predicted octanol–water partition coefficient (Wildman–Crippen LogP) is 2.45. The highest BCUT2D eigenvalue weighted by Gasteiger charge is 2.26. The Hall–Kier alpha value is -4.16. The molecule has 0 saturated heterocycles. The van der Waals surface area contributed by atoms with Gasteiger partial charge < -0.3 is 18.8 Å². The van der Waals surface area contributed by atoms with Gasteiger partial charge in [0.25, 0.3) is 0 Å². The molecule has 0 aliphatic carbocycles. The second kappa shape index (κ2) is 8.17. The average Bonchev–Trinajstić information content (AvgIpc) is 3.39. The van der Waals surface area contributed by atoms with Crippen LogP contribution in [-0.2, 0) is 17.9 Å². The summed E-state index contributed by atoms with van der Waals surface area (Å²) in [6.45, 7) is 0.843. The topological polar surface area (TPSA) is 89.1 Å². The molecule has 1 aliphatic heterocycles. The third-order valence-corrected chi connectivity index (χ3v) is 5.26. The number of ether oxygens (including phenoxy) is 3. The van der Waals surface area contributed by atoms with Crippen molar-refractivity contribution in [3.05, 3.63) is 65.8 Å². The van der Waals surface area contributed by atoms with E-state index in [9.17, 15) is 0 Å². The zero-order chi connectivity index (χ0) is 22.1. The zero-order valence-corrected chi connectivity index (χ0v) is 17.9. The SMILES string of the molecule is COCc1nnc2n1Cc1c(C#Cc3ccc(OC)cn3)ncn1-c1ccc(OC)cc1-2. The summed E-state index contributed by atoms with van der Waals surface area (Å²) >= 11 is 0. The summed E-state index contributed by atoms with van der Waals surface area (Å²) in [7, 11) is 4.88. The molecule has 0 amide bonds. The minimum absolute atomic E-state index is 0.344. The van der Waals surface area contributed by atoms with Crippen LogP contribution in [0.5, 0.6) is 11.5 Å². The molecule has 0 radical (unpaired) electrons. The molecule has 0 fully saturated rings. The van der Waals surface area contributed by atoms with Crippen molar-refractivity contribution in [2.24, 2.45) is 0 Å². The summed E-state index contributed by atoms with van der Waals surface area (Å²) in [5.74, 6) is 9.14. The molecule has 4 heterocycles. The number of nitrogens with zero attached hydrogens (tertiary/aromatic N) is 6. The predicted molar refractivity (Wildman–Crippen MR) is 116 cm³/mol. The molecule has 0 bridgehead atoms. The van der Waals surface area contributed by atoms with Crippen LogP contribution < -0.4 is 9.47 Å². The fourth-order valence-electron chi connectivity index (χ4n) is 3.65. The third-order valence-electron chi connectivity index (χ3n) is 5.26. The van der Waals surface area contributed by atoms with Crippen LogP contribution in [0.4, 0.5) is 0 Å². The molecule has 9 heteroatoms. The van der Waals surface area contributed by atoms with Crippen molar-refractivity contribution < 1.29 is 14.2 Å². The highest BCUT2D eigenvalue weighted by atomic mass is 16.5. The molecule has 0 saturated carbocycles. The van der Waals surface area contributed by atoms with E-state index in [0.29, 0.717) is 30.3 Å². The normalized spacial score (nSPS) is 11.5. The van der Waals surface area contributed by atoms with Crippen LogP contribution in [0.1, 0.15) is 22.9 Å². The van der Waals surface area contributed by atoms with E-state index in [1.54, 1.807) is 33.9 Å². The van der Waals surface area contributed by atoms with E-state index in [1.807, 2.05) is 39.5 Å². The number of hydrogen-bond donors (Lipinski definition) is 0. The lowest BCUT2D eigenvalue weighted by atomic mass is 10.1. The van der Waals surface area contributed by atoms with E-state index in [4.69, 9.17) is 14.2 Å². The monoisotopic (exact) mass is 428 g/mol. The molecule has 0 atom stereocenters. The Morgan fingerprint density at radius 1 is 0.969 bits per heavy atom. The maximum atomic E-state index is 5.44. The quantitative estimate of drug-likeness (QED) is 0.406. The van der Waals surface area contributed by atoms with E-state index >= 15 is 0 Å². The Morgan fingerprint density at radius 2 is 1.81 bits per heavy atom. The van der Waals surface area contributed by atoms with Crippen molar-refractivity contribution >= 4 is 0 Å². The largest absolute Gasteiger partial charge is 0.497 e. The first kappa shape index (κ1) is 19.8. The van der Waals surface area contributed by atoms with Crippen molar-refractivity contribution in [1.82, 2.24) is 29.3 Å². The molecule has 4 aromatic rings. The van der Waals surface area contributed by atoms with Gasteiger partial charge in [0.2, 0.25) is 0 Å². The molecule has 1 aliphatic rings. The highest BCUT2D eigenvalue weighted by Crippen LogP contribution is 2.34. The van der Waals surface area contributed by atoms with Gasteiger partial charge >= 0.3 is 0 Å². The summed E-state index contributed by atoms with van der Waals surface area (Å²) in [5.41, 5.74) is 4.05. The van der Waals surface area contributed by atoms with E-state index in [0.717, 1.165) is 34.3 Å². The van der Waals surface area contributed by atoms with Crippen LogP contribution in [0.15, 0.2) is 42.9 Å². The number of fused-ring (bicyclic) bond motifs is 5. The first-order valence-corrected chi connectivity index (χ1v) is 9.90. The summed E-state index contributed by atoms with van der Waals surface area (Å²) in [6, 6.07) is 9.50. The summed E-state index contributed by atoms with van der Waals surface area (Å²) in [5, 5.41) is 8.78. The minimum Gasteiger partial charge on any atom is -0.497 e. The average molecular weight is 428 g/mol. The molecule has 3 aromatic heterocycles. The summed E-state index contributed by atoms with van der Waals surface area (Å²) < 4.78 is 20.0. The lowest BCUT2D eigenvalue weighted by Crippen LogP contribution is -2.09. The van der Waals surface area contributed by atoms with Gasteiger partial charge in [-0.3, -0.25) is 4.57 Å². The van der Waals surface area contributed by atoms with Crippen molar-refractivity contribution in [2.75, 3.05) is 21.3 Å². The van der Waals surface area contributed by atoms with Crippen LogP contribution in [-0.4, -0.2) is 50.6 Å². The Labute approximate surface area is 184 Å². The van der Waals surface area contributed by atoms with Crippen molar-refractivity contribution in [2.45, 2.75) is 13.2 Å². The zero-order valence-electron chi connectivity index (χ0n) is 17.9. The lowest BCUT2D eigenvalue weighted by Gasteiger charge is -2.09. The molecule has 5 rings (SSSR count). The maximum Gasteiger partial charge on any atom is 0.166 e. The molecule has 0 spiro atoms. The summed E-state index contributed by atoms with van der Waals surface area (Å²) in [4.78, 5) is 8.89. The maximum absolute atomic E-state index is 5.44. The Kier molecular flexibility index (Phi) is 5.05. The van der Waals surface area contributed by atoms with Crippen molar-refractivity contribution in [1.29, 1.82) is 0 Å². The highest BCUT2D eigenvalue weighted by molar-refractivity contribution is 5.71. The molecule has 0 N–H and O–H groups in total. The number of methoxy groups -OCH3 is 3. The van der Waals surface area contributed by atoms with Crippen molar-refractivity contribution in [3.63, 3.8) is 0 Å². The Bertz CT molecular complexity index is 1340. The Morgan fingerprint density at radius 3 is 2.56 bits per heavy atom. The van der Waals surface area contributed by atoms with E-state index in [-0.39, 0.29) is 0 Å². The molecule has 0 unspecified atom stereocenters. The molecule has 1 aromatic carbocycles. The number of hydrogen-bond acceptors (Lipinski definition) is 7. The standard InChI is InChI=1S/C23H20N6O3/c1-30-13-22-26-27-23-18-10-16(31-2)7-9-20(18)29-14-25-19(21(29)12-28(22)23)8-5-15-4-6-17(32-3)11-24-15/h4,6-7,9-11,14H,12-13H2,1-3H3. The molecular weight excluding hydrogens is 408 g/mol. The number of benzene rings is 1. The van der Waals surface area contributed by atoms with Crippen LogP contribution in [0, 0.1) is 11.8 Å². The van der Waals surface area contributed by atoms with Crippen molar-refractivity contribution in [3.8, 4) is 40.4 Å². The van der Waals surface area contributed by atoms with Crippen LogP contribution >= 0.6 is 0 Å². The van der Waals surface area contributed by atoms with E-state index < -0.39 is 0 Å². The first-order valence-electron chi connectivity index (χ1n) is 9.90. The molecular formula is C23H20N6O3. The van der Waals surface area contributed by atoms with Gasteiger partial charge in [-0.25, -0.2) is 9.97 Å². The Balaban J connectivity index is 1.64. The van der Waals surface area contributed by atoms with Gasteiger partial charge in [0.05, 0.1) is 38.3 Å². The van der Waals surface area contributed by atoms with E-state index in [2.05, 4.69) is 32.0 Å². The number of aromatic nitrogens is 6. The number of rotatable bonds is 4. The number of pyridine rings is 1. The summed E-state index contributed by atoms with van der Waals surface area (Å²) in [6.07, 6.45) is 3.42. The number of imidazole rings is 1. The van der Waals surface area contributed by atoms with Gasteiger partial charge in [0, 0.05) is 12.7 Å².